The summed E-state index contributed by atoms with van der Waals surface area (Å²) < 4.78 is 0. The van der Waals surface area contributed by atoms with E-state index in [4.69, 9.17) is 0 Å². The maximum Gasteiger partial charge on any atom is 0.232 e. The van der Waals surface area contributed by atoms with Gasteiger partial charge in [-0.1, -0.05) is 73.5 Å². The van der Waals surface area contributed by atoms with Crippen molar-refractivity contribution in [1.29, 1.82) is 0 Å². The molecule has 24 heavy (non-hydrogen) atoms. The van der Waals surface area contributed by atoms with Crippen LogP contribution in [0.2, 0.25) is 0 Å². The van der Waals surface area contributed by atoms with Gasteiger partial charge in [-0.05, 0) is 24.0 Å². The molecule has 0 saturated heterocycles. The molecule has 2 aromatic carbocycles. The van der Waals surface area contributed by atoms with Crippen molar-refractivity contribution in [2.45, 2.75) is 31.6 Å². The largest absolute Gasteiger partial charge is 0.396 e. The number of aliphatic hydroxyl groups is 1. The summed E-state index contributed by atoms with van der Waals surface area (Å²) in [6, 6.07) is 19.8. The first-order chi connectivity index (χ1) is 11.7. The Bertz CT molecular complexity index is 609. The maximum atomic E-state index is 13.0. The number of hydrogen-bond acceptors (Lipinski definition) is 2. The van der Waals surface area contributed by atoms with Crippen molar-refractivity contribution in [3.63, 3.8) is 0 Å². The SMILES string of the molecule is O=C(NCC1(CO)CCCC1)C(c1ccccc1)c1ccccc1. The van der Waals surface area contributed by atoms with Crippen molar-refractivity contribution < 1.29 is 9.90 Å². The zero-order valence-electron chi connectivity index (χ0n) is 13.9. The van der Waals surface area contributed by atoms with Crippen LogP contribution >= 0.6 is 0 Å². The molecule has 0 aromatic heterocycles. The molecule has 1 aliphatic carbocycles. The van der Waals surface area contributed by atoms with E-state index in [-0.39, 0.29) is 23.8 Å². The molecule has 1 fully saturated rings. The smallest absolute Gasteiger partial charge is 0.232 e. The molecule has 0 spiro atoms. The molecule has 1 saturated carbocycles. The van der Waals surface area contributed by atoms with E-state index in [9.17, 15) is 9.90 Å². The van der Waals surface area contributed by atoms with Crippen LogP contribution < -0.4 is 5.32 Å². The number of rotatable bonds is 6. The minimum absolute atomic E-state index is 0.00660. The van der Waals surface area contributed by atoms with Gasteiger partial charge in [0.1, 0.15) is 0 Å². The van der Waals surface area contributed by atoms with Crippen molar-refractivity contribution in [1.82, 2.24) is 5.32 Å². The molecule has 2 aromatic rings. The summed E-state index contributed by atoms with van der Waals surface area (Å²) in [6.45, 7) is 0.702. The van der Waals surface area contributed by atoms with Gasteiger partial charge < -0.3 is 10.4 Å². The Kier molecular flexibility index (Phi) is 5.31. The number of hydrogen-bond donors (Lipinski definition) is 2. The summed E-state index contributed by atoms with van der Waals surface area (Å²) in [5, 5.41) is 12.9. The predicted octanol–water partition coefficient (Wildman–Crippen LogP) is 3.49. The number of carbonyl (C=O) groups is 1. The van der Waals surface area contributed by atoms with Crippen molar-refractivity contribution in [3.8, 4) is 0 Å². The lowest BCUT2D eigenvalue weighted by molar-refractivity contribution is -0.122. The van der Waals surface area contributed by atoms with Gasteiger partial charge in [0.05, 0.1) is 12.5 Å². The Morgan fingerprint density at radius 1 is 0.958 bits per heavy atom. The molecule has 2 N–H and O–H groups in total. The first-order valence-electron chi connectivity index (χ1n) is 8.73. The highest BCUT2D eigenvalue weighted by atomic mass is 16.3. The third-order valence-electron chi connectivity index (χ3n) is 5.17. The van der Waals surface area contributed by atoms with Crippen molar-refractivity contribution in [2.75, 3.05) is 13.2 Å². The van der Waals surface area contributed by atoms with Crippen LogP contribution in [0.4, 0.5) is 0 Å². The maximum absolute atomic E-state index is 13.0. The van der Waals surface area contributed by atoms with Crippen molar-refractivity contribution >= 4 is 5.91 Å². The van der Waals surface area contributed by atoms with E-state index < -0.39 is 0 Å². The highest BCUT2D eigenvalue weighted by Crippen LogP contribution is 2.37. The monoisotopic (exact) mass is 323 g/mol. The van der Waals surface area contributed by atoms with Crippen LogP contribution in [0.5, 0.6) is 0 Å². The first-order valence-corrected chi connectivity index (χ1v) is 8.73. The average Bonchev–Trinajstić information content (AvgIpc) is 3.12. The zero-order chi connectivity index (χ0) is 16.8. The number of carbonyl (C=O) groups excluding carboxylic acids is 1. The minimum Gasteiger partial charge on any atom is -0.396 e. The second-order valence-corrected chi connectivity index (χ2v) is 6.84. The Balaban J connectivity index is 1.79. The van der Waals surface area contributed by atoms with Crippen LogP contribution in [-0.4, -0.2) is 24.2 Å². The fraction of sp³-hybridized carbons (Fsp3) is 0.381. The van der Waals surface area contributed by atoms with Gasteiger partial charge in [-0.3, -0.25) is 4.79 Å². The quantitative estimate of drug-likeness (QED) is 0.855. The topological polar surface area (TPSA) is 49.3 Å². The van der Waals surface area contributed by atoms with Crippen LogP contribution in [0.3, 0.4) is 0 Å². The molecular weight excluding hydrogens is 298 g/mol. The summed E-state index contributed by atoms with van der Waals surface area (Å²) in [5.74, 6) is -0.309. The summed E-state index contributed by atoms with van der Waals surface area (Å²) in [6.07, 6.45) is 4.25. The lowest BCUT2D eigenvalue weighted by Crippen LogP contribution is -2.40. The Morgan fingerprint density at radius 2 is 1.46 bits per heavy atom. The first kappa shape index (κ1) is 16.7. The molecule has 1 amide bonds. The third-order valence-corrected chi connectivity index (χ3v) is 5.17. The van der Waals surface area contributed by atoms with Crippen LogP contribution in [0.15, 0.2) is 60.7 Å². The van der Waals surface area contributed by atoms with Gasteiger partial charge in [-0.15, -0.1) is 0 Å². The van der Waals surface area contributed by atoms with E-state index in [0.717, 1.165) is 36.8 Å². The van der Waals surface area contributed by atoms with Crippen LogP contribution in [0.1, 0.15) is 42.7 Å². The number of amides is 1. The van der Waals surface area contributed by atoms with Gasteiger partial charge >= 0.3 is 0 Å². The third kappa shape index (κ3) is 3.68. The summed E-state index contributed by atoms with van der Waals surface area (Å²) in [5.41, 5.74) is 1.85. The summed E-state index contributed by atoms with van der Waals surface area (Å²) in [7, 11) is 0. The summed E-state index contributed by atoms with van der Waals surface area (Å²) >= 11 is 0. The molecular formula is C21H25NO2. The van der Waals surface area contributed by atoms with Crippen molar-refractivity contribution in [2.24, 2.45) is 5.41 Å². The van der Waals surface area contributed by atoms with E-state index in [2.05, 4.69) is 5.32 Å². The van der Waals surface area contributed by atoms with Gasteiger partial charge in [-0.2, -0.15) is 0 Å². The van der Waals surface area contributed by atoms with Crippen molar-refractivity contribution in [3.05, 3.63) is 71.8 Å². The van der Waals surface area contributed by atoms with Gasteiger partial charge in [0.15, 0.2) is 0 Å². The molecule has 1 aliphatic rings. The second-order valence-electron chi connectivity index (χ2n) is 6.84. The van der Waals surface area contributed by atoms with Gasteiger partial charge in [-0.25, -0.2) is 0 Å². The number of benzene rings is 2. The normalized spacial score (nSPS) is 16.2. The molecule has 126 valence electrons. The molecule has 0 aliphatic heterocycles. The lowest BCUT2D eigenvalue weighted by atomic mass is 9.86. The highest BCUT2D eigenvalue weighted by molar-refractivity contribution is 5.87. The standard InChI is InChI=1S/C21H25NO2/c23-16-21(13-7-8-14-21)15-22-20(24)19(17-9-3-1-4-10-17)18-11-5-2-6-12-18/h1-6,9-12,19,23H,7-8,13-16H2,(H,22,24). The van der Waals surface area contributed by atoms with E-state index in [1.165, 1.54) is 0 Å². The van der Waals surface area contributed by atoms with E-state index >= 15 is 0 Å². The Morgan fingerprint density at radius 3 is 1.92 bits per heavy atom. The van der Waals surface area contributed by atoms with E-state index in [0.29, 0.717) is 6.54 Å². The van der Waals surface area contributed by atoms with Crippen LogP contribution in [0.25, 0.3) is 0 Å². The highest BCUT2D eigenvalue weighted by Gasteiger charge is 2.34. The summed E-state index contributed by atoms with van der Waals surface area (Å²) in [4.78, 5) is 13.0. The fourth-order valence-corrected chi connectivity index (χ4v) is 3.68. The Hall–Kier alpha value is -2.13. The zero-order valence-corrected chi connectivity index (χ0v) is 13.9. The van der Waals surface area contributed by atoms with E-state index in [1.54, 1.807) is 0 Å². The predicted molar refractivity (Wildman–Crippen MR) is 95.7 cm³/mol. The second kappa shape index (κ2) is 7.63. The molecule has 0 unspecified atom stereocenters. The number of aliphatic hydroxyl groups excluding tert-OH is 1. The van der Waals surface area contributed by atoms with Gasteiger partial charge in [0, 0.05) is 12.0 Å². The van der Waals surface area contributed by atoms with Crippen LogP contribution in [0, 0.1) is 5.41 Å². The van der Waals surface area contributed by atoms with Crippen LogP contribution in [-0.2, 0) is 4.79 Å². The van der Waals surface area contributed by atoms with Gasteiger partial charge in [0.2, 0.25) is 5.91 Å². The Labute approximate surface area is 143 Å². The molecule has 0 radical (unpaired) electrons. The fourth-order valence-electron chi connectivity index (χ4n) is 3.68. The van der Waals surface area contributed by atoms with Gasteiger partial charge in [0.25, 0.3) is 0 Å². The molecule has 0 bridgehead atoms. The molecule has 0 heterocycles. The molecule has 3 heteroatoms. The average molecular weight is 323 g/mol. The number of nitrogens with one attached hydrogen (secondary N) is 1. The molecule has 0 atom stereocenters. The minimum atomic E-state index is -0.315. The molecule has 3 rings (SSSR count). The lowest BCUT2D eigenvalue weighted by Gasteiger charge is -2.28. The van der Waals surface area contributed by atoms with E-state index in [1.807, 2.05) is 60.7 Å². The molecule has 3 nitrogen and oxygen atoms in total.